The zero-order valence-electron chi connectivity index (χ0n) is 16.5. The van der Waals surface area contributed by atoms with Gasteiger partial charge in [-0.3, -0.25) is 4.79 Å². The van der Waals surface area contributed by atoms with Crippen molar-refractivity contribution < 1.29 is 4.79 Å². The average Bonchev–Trinajstić information content (AvgIpc) is 3.27. The molecular weight excluding hydrogens is 521 g/mol. The van der Waals surface area contributed by atoms with Gasteiger partial charge in [0.2, 0.25) is 5.95 Å². The molecule has 0 unspecified atom stereocenters. The first-order valence-electron chi connectivity index (χ1n) is 9.86. The minimum atomic E-state index is -0.0638. The molecule has 160 valence electrons. The number of anilines is 1. The van der Waals surface area contributed by atoms with Crippen LogP contribution in [-0.4, -0.2) is 44.9 Å². The zero-order chi connectivity index (χ0) is 21.7. The van der Waals surface area contributed by atoms with Gasteiger partial charge in [0.25, 0.3) is 5.91 Å². The lowest BCUT2D eigenvalue weighted by atomic mass is 10.1. The van der Waals surface area contributed by atoms with Crippen LogP contribution in [0.1, 0.15) is 21.9 Å². The topological polar surface area (TPSA) is 71.0 Å². The Labute approximate surface area is 202 Å². The van der Waals surface area contributed by atoms with Crippen LogP contribution in [-0.2, 0) is 0 Å². The van der Waals surface area contributed by atoms with Crippen molar-refractivity contribution in [2.75, 3.05) is 18.4 Å². The number of rotatable bonds is 5. The minimum absolute atomic E-state index is 0.0638. The molecule has 1 aliphatic carbocycles. The van der Waals surface area contributed by atoms with Crippen molar-refractivity contribution in [3.05, 3.63) is 55.8 Å². The molecule has 0 radical (unpaired) electrons. The number of likely N-dealkylation sites (tertiary alicyclic amines) is 1. The SMILES string of the molecule is Cc1nc(C(=O)N2C[C@@H]3C[C@@H]3[C@H]2CNc2ncc(Br)cn2)c(-c2cccc(Cl)c2Cl)s1. The summed E-state index contributed by atoms with van der Waals surface area (Å²) in [6.07, 6.45) is 4.55. The second kappa shape index (κ2) is 8.31. The molecule has 5 rings (SSSR count). The van der Waals surface area contributed by atoms with E-state index < -0.39 is 0 Å². The highest BCUT2D eigenvalue weighted by Gasteiger charge is 2.54. The van der Waals surface area contributed by atoms with Gasteiger partial charge >= 0.3 is 0 Å². The molecule has 10 heteroatoms. The summed E-state index contributed by atoms with van der Waals surface area (Å²) in [5.41, 5.74) is 1.18. The largest absolute Gasteiger partial charge is 0.352 e. The molecule has 2 aromatic heterocycles. The number of benzene rings is 1. The van der Waals surface area contributed by atoms with E-state index in [1.807, 2.05) is 24.0 Å². The third-order valence-corrected chi connectivity index (χ3v) is 8.02. The number of halogens is 3. The number of nitrogens with one attached hydrogen (secondary N) is 1. The van der Waals surface area contributed by atoms with Crippen molar-refractivity contribution in [2.45, 2.75) is 19.4 Å². The predicted molar refractivity (Wildman–Crippen MR) is 127 cm³/mol. The summed E-state index contributed by atoms with van der Waals surface area (Å²) in [6, 6.07) is 5.53. The molecule has 0 spiro atoms. The summed E-state index contributed by atoms with van der Waals surface area (Å²) in [7, 11) is 0. The van der Waals surface area contributed by atoms with Crippen molar-refractivity contribution in [3.63, 3.8) is 0 Å². The Bertz CT molecular complexity index is 1160. The Morgan fingerprint density at radius 3 is 2.87 bits per heavy atom. The number of carbonyl (C=O) groups is 1. The lowest BCUT2D eigenvalue weighted by molar-refractivity contribution is 0.0711. The molecule has 1 saturated heterocycles. The quantitative estimate of drug-likeness (QED) is 0.461. The summed E-state index contributed by atoms with van der Waals surface area (Å²) in [4.78, 5) is 29.4. The number of nitrogens with zero attached hydrogens (tertiary/aromatic N) is 4. The number of hydrogen-bond acceptors (Lipinski definition) is 6. The molecule has 2 fully saturated rings. The van der Waals surface area contributed by atoms with Crippen LogP contribution >= 0.6 is 50.5 Å². The smallest absolute Gasteiger partial charge is 0.274 e. The first kappa shape index (κ1) is 21.1. The molecule has 3 heterocycles. The maximum atomic E-state index is 13.6. The fourth-order valence-electron chi connectivity index (χ4n) is 4.24. The number of aromatic nitrogens is 3. The Hall–Kier alpha value is -1.74. The number of aryl methyl sites for hydroxylation is 1. The summed E-state index contributed by atoms with van der Waals surface area (Å²) >= 11 is 17.5. The number of fused-ring (bicyclic) bond motifs is 1. The maximum Gasteiger partial charge on any atom is 0.274 e. The van der Waals surface area contributed by atoms with Crippen LogP contribution < -0.4 is 5.32 Å². The molecule has 0 bridgehead atoms. The van der Waals surface area contributed by atoms with E-state index in [2.05, 4.69) is 36.2 Å². The van der Waals surface area contributed by atoms with E-state index in [9.17, 15) is 4.79 Å². The van der Waals surface area contributed by atoms with Gasteiger partial charge in [0.15, 0.2) is 0 Å². The Morgan fingerprint density at radius 2 is 2.10 bits per heavy atom. The first-order chi connectivity index (χ1) is 14.9. The Kier molecular flexibility index (Phi) is 5.66. The first-order valence-corrected chi connectivity index (χ1v) is 12.2. The van der Waals surface area contributed by atoms with Crippen LogP contribution in [0.2, 0.25) is 10.0 Å². The van der Waals surface area contributed by atoms with Crippen molar-refractivity contribution in [1.82, 2.24) is 19.9 Å². The molecule has 1 amide bonds. The molecule has 31 heavy (non-hydrogen) atoms. The summed E-state index contributed by atoms with van der Waals surface area (Å²) in [6.45, 7) is 3.25. The highest BCUT2D eigenvalue weighted by molar-refractivity contribution is 9.10. The normalized spacial score (nSPS) is 21.8. The van der Waals surface area contributed by atoms with E-state index in [-0.39, 0.29) is 11.9 Å². The number of piperidine rings is 1. The highest BCUT2D eigenvalue weighted by atomic mass is 79.9. The number of amides is 1. The van der Waals surface area contributed by atoms with Gasteiger partial charge in [-0.2, -0.15) is 0 Å². The molecule has 1 aliphatic heterocycles. The number of hydrogen-bond donors (Lipinski definition) is 1. The van der Waals surface area contributed by atoms with Gasteiger partial charge in [-0.05, 0) is 47.2 Å². The minimum Gasteiger partial charge on any atom is -0.352 e. The summed E-state index contributed by atoms with van der Waals surface area (Å²) in [5.74, 6) is 1.55. The van der Waals surface area contributed by atoms with E-state index >= 15 is 0 Å². The Morgan fingerprint density at radius 1 is 1.32 bits per heavy atom. The fraction of sp³-hybridized carbons (Fsp3) is 0.333. The van der Waals surface area contributed by atoms with Gasteiger partial charge in [-0.1, -0.05) is 35.3 Å². The second-order valence-corrected chi connectivity index (χ2v) is 10.7. The van der Waals surface area contributed by atoms with Gasteiger partial charge in [-0.25, -0.2) is 15.0 Å². The van der Waals surface area contributed by atoms with Crippen LogP contribution in [0.3, 0.4) is 0 Å². The van der Waals surface area contributed by atoms with E-state index in [0.29, 0.717) is 40.1 Å². The molecule has 3 atom stereocenters. The molecule has 1 saturated carbocycles. The lowest BCUT2D eigenvalue weighted by Crippen LogP contribution is -2.42. The van der Waals surface area contributed by atoms with Crippen LogP contribution in [0.4, 0.5) is 5.95 Å². The standard InChI is InChI=1S/C21H18BrCl2N5OS/c1-10-28-18(19(31-10)13-3-2-4-15(23)17(13)24)20(30)29-9-11-5-14(11)16(29)8-27-21-25-6-12(22)7-26-21/h2-4,6-7,11,14,16H,5,8-9H2,1H3,(H,25,26,27)/t11-,14-,16+/m0/s1. The van der Waals surface area contributed by atoms with Crippen molar-refractivity contribution >= 4 is 62.3 Å². The molecule has 6 nitrogen and oxygen atoms in total. The van der Waals surface area contributed by atoms with Gasteiger partial charge < -0.3 is 10.2 Å². The third kappa shape index (κ3) is 4.06. The highest BCUT2D eigenvalue weighted by Crippen LogP contribution is 2.50. The van der Waals surface area contributed by atoms with Crippen LogP contribution in [0.25, 0.3) is 10.4 Å². The van der Waals surface area contributed by atoms with Crippen molar-refractivity contribution in [2.24, 2.45) is 11.8 Å². The zero-order valence-corrected chi connectivity index (χ0v) is 20.4. The molecule has 3 aromatic rings. The Balaban J connectivity index is 1.41. The monoisotopic (exact) mass is 537 g/mol. The third-order valence-electron chi connectivity index (χ3n) is 5.79. The molecule has 1 aromatic carbocycles. The van der Waals surface area contributed by atoms with E-state index in [1.165, 1.54) is 11.3 Å². The maximum absolute atomic E-state index is 13.6. The second-order valence-electron chi connectivity index (χ2n) is 7.80. The van der Waals surface area contributed by atoms with Gasteiger partial charge in [0, 0.05) is 31.0 Å². The van der Waals surface area contributed by atoms with Gasteiger partial charge in [0.05, 0.1) is 30.4 Å². The van der Waals surface area contributed by atoms with Crippen LogP contribution in [0.5, 0.6) is 0 Å². The summed E-state index contributed by atoms with van der Waals surface area (Å²) < 4.78 is 0.823. The van der Waals surface area contributed by atoms with Crippen LogP contribution in [0, 0.1) is 18.8 Å². The number of carbonyl (C=O) groups excluding carboxylic acids is 1. The average molecular weight is 539 g/mol. The van der Waals surface area contributed by atoms with Gasteiger partial charge in [-0.15, -0.1) is 11.3 Å². The van der Waals surface area contributed by atoms with Crippen LogP contribution in [0.15, 0.2) is 35.1 Å². The van der Waals surface area contributed by atoms with Crippen molar-refractivity contribution in [1.29, 1.82) is 0 Å². The van der Waals surface area contributed by atoms with Crippen molar-refractivity contribution in [3.8, 4) is 10.4 Å². The molecule has 2 aliphatic rings. The molecular formula is C21H18BrCl2N5OS. The van der Waals surface area contributed by atoms with E-state index in [4.69, 9.17) is 23.2 Å². The lowest BCUT2D eigenvalue weighted by Gasteiger charge is -2.27. The fourth-order valence-corrected chi connectivity index (χ4v) is 5.83. The number of thiazole rings is 1. The summed E-state index contributed by atoms with van der Waals surface area (Å²) in [5, 5.41) is 5.00. The van der Waals surface area contributed by atoms with E-state index in [1.54, 1.807) is 18.5 Å². The van der Waals surface area contributed by atoms with E-state index in [0.717, 1.165) is 32.9 Å². The predicted octanol–water partition coefficient (Wildman–Crippen LogP) is 5.55. The molecule has 1 N–H and O–H groups in total. The van der Waals surface area contributed by atoms with Gasteiger partial charge in [0.1, 0.15) is 5.69 Å².